The summed E-state index contributed by atoms with van der Waals surface area (Å²) in [6.07, 6.45) is 1.96. The van der Waals surface area contributed by atoms with E-state index in [1.54, 1.807) is 11.3 Å². The zero-order chi connectivity index (χ0) is 18.0. The summed E-state index contributed by atoms with van der Waals surface area (Å²) in [5, 5.41) is 4.20. The molecule has 3 rings (SSSR count). The highest BCUT2D eigenvalue weighted by atomic mass is 32.1. The van der Waals surface area contributed by atoms with E-state index < -0.39 is 0 Å². The van der Waals surface area contributed by atoms with Crippen LogP contribution in [-0.4, -0.2) is 48.1 Å². The van der Waals surface area contributed by atoms with Crippen molar-refractivity contribution in [1.82, 2.24) is 15.2 Å². The average Bonchev–Trinajstić information content (AvgIpc) is 3.04. The standard InChI is InChI=1S/C19H28N4OS/c1-5-15(6-2)20-18(24)22-7-9-23(10-8-22)19-21-17-14(4)11-13(3)12-16(17)25-19/h11-12,15H,5-10H2,1-4H3,(H,20,24). The van der Waals surface area contributed by atoms with E-state index in [0.717, 1.165) is 49.7 Å². The van der Waals surface area contributed by atoms with E-state index in [-0.39, 0.29) is 12.1 Å². The summed E-state index contributed by atoms with van der Waals surface area (Å²) in [5.41, 5.74) is 3.63. The van der Waals surface area contributed by atoms with Gasteiger partial charge in [0, 0.05) is 32.2 Å². The lowest BCUT2D eigenvalue weighted by Gasteiger charge is -2.35. The summed E-state index contributed by atoms with van der Waals surface area (Å²) in [5.74, 6) is 0. The molecule has 136 valence electrons. The van der Waals surface area contributed by atoms with E-state index in [9.17, 15) is 4.79 Å². The number of hydrogen-bond acceptors (Lipinski definition) is 4. The monoisotopic (exact) mass is 360 g/mol. The Morgan fingerprint density at radius 1 is 1.20 bits per heavy atom. The van der Waals surface area contributed by atoms with Gasteiger partial charge in [0.15, 0.2) is 5.13 Å². The number of aromatic nitrogens is 1. The molecule has 2 amide bonds. The van der Waals surface area contributed by atoms with Crippen LogP contribution in [0.2, 0.25) is 0 Å². The van der Waals surface area contributed by atoms with Crippen molar-refractivity contribution in [2.75, 3.05) is 31.1 Å². The van der Waals surface area contributed by atoms with E-state index in [1.807, 2.05) is 4.90 Å². The van der Waals surface area contributed by atoms with Crippen LogP contribution in [0.3, 0.4) is 0 Å². The molecule has 1 N–H and O–H groups in total. The second-order valence-electron chi connectivity index (χ2n) is 6.86. The predicted octanol–water partition coefficient (Wildman–Crippen LogP) is 3.93. The number of rotatable bonds is 4. The molecule has 0 atom stereocenters. The van der Waals surface area contributed by atoms with E-state index in [2.05, 4.69) is 50.0 Å². The van der Waals surface area contributed by atoms with Crippen LogP contribution in [0.25, 0.3) is 10.2 Å². The second kappa shape index (κ2) is 7.60. The Bertz CT molecular complexity index is 745. The van der Waals surface area contributed by atoms with Gasteiger partial charge < -0.3 is 15.1 Å². The minimum absolute atomic E-state index is 0.0733. The van der Waals surface area contributed by atoms with Gasteiger partial charge in [-0.25, -0.2) is 9.78 Å². The third-order valence-corrected chi connectivity index (χ3v) is 6.03. The molecule has 2 heterocycles. The third-order valence-electron chi connectivity index (χ3n) is 4.97. The third kappa shape index (κ3) is 3.89. The lowest BCUT2D eigenvalue weighted by atomic mass is 10.1. The highest BCUT2D eigenvalue weighted by molar-refractivity contribution is 7.22. The SMILES string of the molecule is CCC(CC)NC(=O)N1CCN(c2nc3c(C)cc(C)cc3s2)CC1. The number of carbonyl (C=O) groups excluding carboxylic acids is 1. The normalized spacial score (nSPS) is 15.2. The summed E-state index contributed by atoms with van der Waals surface area (Å²) in [7, 11) is 0. The van der Waals surface area contributed by atoms with Crippen LogP contribution in [0.15, 0.2) is 12.1 Å². The van der Waals surface area contributed by atoms with Crippen molar-refractivity contribution in [1.29, 1.82) is 0 Å². The Morgan fingerprint density at radius 3 is 2.52 bits per heavy atom. The first kappa shape index (κ1) is 18.0. The number of nitrogens with one attached hydrogen (secondary N) is 1. The molecule has 5 nitrogen and oxygen atoms in total. The van der Waals surface area contributed by atoms with Crippen LogP contribution in [0.1, 0.15) is 37.8 Å². The van der Waals surface area contributed by atoms with Crippen molar-refractivity contribution in [2.45, 2.75) is 46.6 Å². The average molecular weight is 361 g/mol. The van der Waals surface area contributed by atoms with Crippen molar-refractivity contribution in [3.63, 3.8) is 0 Å². The lowest BCUT2D eigenvalue weighted by molar-refractivity contribution is 0.189. The topological polar surface area (TPSA) is 48.5 Å². The summed E-state index contributed by atoms with van der Waals surface area (Å²) < 4.78 is 1.25. The van der Waals surface area contributed by atoms with E-state index in [4.69, 9.17) is 4.98 Å². The minimum atomic E-state index is 0.0733. The van der Waals surface area contributed by atoms with Gasteiger partial charge in [-0.1, -0.05) is 31.3 Å². The number of fused-ring (bicyclic) bond motifs is 1. The first-order chi connectivity index (χ1) is 12.0. The van der Waals surface area contributed by atoms with Crippen molar-refractivity contribution < 1.29 is 4.79 Å². The molecular weight excluding hydrogens is 332 g/mol. The van der Waals surface area contributed by atoms with E-state index >= 15 is 0 Å². The number of nitrogens with zero attached hydrogens (tertiary/aromatic N) is 3. The Balaban J connectivity index is 1.64. The van der Waals surface area contributed by atoms with Gasteiger partial charge in [0.1, 0.15) is 0 Å². The van der Waals surface area contributed by atoms with Crippen LogP contribution in [0, 0.1) is 13.8 Å². The molecule has 25 heavy (non-hydrogen) atoms. The fourth-order valence-electron chi connectivity index (χ4n) is 3.35. The van der Waals surface area contributed by atoms with E-state index in [1.165, 1.54) is 15.8 Å². The Labute approximate surface area is 154 Å². The van der Waals surface area contributed by atoms with Gasteiger partial charge in [-0.2, -0.15) is 0 Å². The van der Waals surface area contributed by atoms with Crippen molar-refractivity contribution in [3.8, 4) is 0 Å². The first-order valence-corrected chi connectivity index (χ1v) is 10.0. The molecule has 0 saturated carbocycles. The zero-order valence-electron chi connectivity index (χ0n) is 15.6. The van der Waals surface area contributed by atoms with Gasteiger partial charge in [0.05, 0.1) is 10.2 Å². The molecule has 0 unspecified atom stereocenters. The van der Waals surface area contributed by atoms with Crippen LogP contribution in [0.5, 0.6) is 0 Å². The molecule has 2 aromatic rings. The molecule has 1 aliphatic rings. The number of anilines is 1. The van der Waals surface area contributed by atoms with Crippen LogP contribution < -0.4 is 10.2 Å². The van der Waals surface area contributed by atoms with Gasteiger partial charge in [0.25, 0.3) is 0 Å². The van der Waals surface area contributed by atoms with Crippen LogP contribution in [-0.2, 0) is 0 Å². The maximum atomic E-state index is 12.4. The maximum absolute atomic E-state index is 12.4. The summed E-state index contributed by atoms with van der Waals surface area (Å²) >= 11 is 1.76. The van der Waals surface area contributed by atoms with Gasteiger partial charge in [-0.15, -0.1) is 0 Å². The fourth-order valence-corrected chi connectivity index (χ4v) is 4.55. The number of aryl methyl sites for hydroxylation is 2. The van der Waals surface area contributed by atoms with Gasteiger partial charge in [-0.05, 0) is 43.9 Å². The molecule has 0 spiro atoms. The predicted molar refractivity (Wildman–Crippen MR) is 106 cm³/mol. The number of piperazine rings is 1. The molecule has 6 heteroatoms. The van der Waals surface area contributed by atoms with Crippen molar-refractivity contribution in [3.05, 3.63) is 23.3 Å². The molecule has 1 aromatic carbocycles. The molecule has 1 fully saturated rings. The lowest BCUT2D eigenvalue weighted by Crippen LogP contribution is -2.53. The Kier molecular flexibility index (Phi) is 5.47. The summed E-state index contributed by atoms with van der Waals surface area (Å²) in [6.45, 7) is 11.7. The number of hydrogen-bond donors (Lipinski definition) is 1. The first-order valence-electron chi connectivity index (χ1n) is 9.20. The molecule has 1 aliphatic heterocycles. The number of amides is 2. The van der Waals surface area contributed by atoms with Crippen LogP contribution >= 0.6 is 11.3 Å². The van der Waals surface area contributed by atoms with Crippen molar-refractivity contribution in [2.24, 2.45) is 0 Å². The van der Waals surface area contributed by atoms with Gasteiger partial charge in [0.2, 0.25) is 0 Å². The second-order valence-corrected chi connectivity index (χ2v) is 7.87. The number of thiazole rings is 1. The number of urea groups is 1. The molecule has 0 radical (unpaired) electrons. The largest absolute Gasteiger partial charge is 0.345 e. The van der Waals surface area contributed by atoms with E-state index in [0.29, 0.717) is 0 Å². The number of carbonyl (C=O) groups is 1. The minimum Gasteiger partial charge on any atom is -0.345 e. The molecule has 0 aliphatic carbocycles. The number of benzene rings is 1. The zero-order valence-corrected chi connectivity index (χ0v) is 16.4. The quantitative estimate of drug-likeness (QED) is 0.898. The summed E-state index contributed by atoms with van der Waals surface area (Å²) in [6, 6.07) is 4.75. The fraction of sp³-hybridized carbons (Fsp3) is 0.579. The Hall–Kier alpha value is -1.82. The van der Waals surface area contributed by atoms with Gasteiger partial charge in [-0.3, -0.25) is 0 Å². The van der Waals surface area contributed by atoms with Crippen LogP contribution in [0.4, 0.5) is 9.93 Å². The smallest absolute Gasteiger partial charge is 0.317 e. The maximum Gasteiger partial charge on any atom is 0.317 e. The van der Waals surface area contributed by atoms with Gasteiger partial charge >= 0.3 is 6.03 Å². The molecule has 0 bridgehead atoms. The highest BCUT2D eigenvalue weighted by Gasteiger charge is 2.24. The molecular formula is C19H28N4OS. The highest BCUT2D eigenvalue weighted by Crippen LogP contribution is 2.32. The van der Waals surface area contributed by atoms with Crippen molar-refractivity contribution >= 4 is 32.7 Å². The summed E-state index contributed by atoms with van der Waals surface area (Å²) in [4.78, 5) is 21.5. The Morgan fingerprint density at radius 2 is 1.88 bits per heavy atom. The molecule has 1 aromatic heterocycles. The molecule has 1 saturated heterocycles.